The lowest BCUT2D eigenvalue weighted by atomic mass is 10.2. The highest BCUT2D eigenvalue weighted by atomic mass is 32.1. The van der Waals surface area contributed by atoms with Crippen LogP contribution in [0.1, 0.15) is 19.4 Å². The topological polar surface area (TPSA) is 9.23 Å². The zero-order valence-electron chi connectivity index (χ0n) is 13.1. The maximum Gasteiger partial charge on any atom is 0.119 e. The molecule has 0 unspecified atom stereocenters. The molecule has 0 saturated heterocycles. The van der Waals surface area contributed by atoms with Crippen molar-refractivity contribution in [1.29, 1.82) is 0 Å². The smallest absolute Gasteiger partial charge is 0.119 e. The maximum atomic E-state index is 5.74. The number of hydrogen-bond acceptors (Lipinski definition) is 3. The van der Waals surface area contributed by atoms with Crippen LogP contribution in [0.25, 0.3) is 20.2 Å². The molecule has 3 aromatic rings. The van der Waals surface area contributed by atoms with E-state index in [1.54, 1.807) is 0 Å². The summed E-state index contributed by atoms with van der Waals surface area (Å²) >= 11 is 3.66. The molecule has 0 fully saturated rings. The average molecular weight is 329 g/mol. The molecular formula is C19H20OS2. The molecule has 3 rings (SSSR count). The molecule has 0 spiro atoms. The molecule has 3 heteroatoms. The Hall–Kier alpha value is -1.58. The van der Waals surface area contributed by atoms with Crippen LogP contribution in [0.15, 0.2) is 47.8 Å². The van der Waals surface area contributed by atoms with Gasteiger partial charge >= 0.3 is 0 Å². The van der Waals surface area contributed by atoms with Gasteiger partial charge in [-0.05, 0) is 71.8 Å². The summed E-state index contributed by atoms with van der Waals surface area (Å²) < 4.78 is 5.74. The Balaban J connectivity index is 1.76. The lowest BCUT2D eigenvalue weighted by Crippen LogP contribution is -2.04. The number of aryl methyl sites for hydroxylation is 1. The Morgan fingerprint density at radius 1 is 0.955 bits per heavy atom. The third-order valence-electron chi connectivity index (χ3n) is 3.30. The lowest BCUT2D eigenvalue weighted by molar-refractivity contribution is 0.271. The minimum absolute atomic E-state index is 0.550. The summed E-state index contributed by atoms with van der Waals surface area (Å²) in [5.74, 6) is 1.50. The molecule has 1 aromatic carbocycles. The minimum Gasteiger partial charge on any atom is -0.493 e. The van der Waals surface area contributed by atoms with Gasteiger partial charge in [0.05, 0.1) is 6.61 Å². The highest BCUT2D eigenvalue weighted by Gasteiger charge is 2.07. The van der Waals surface area contributed by atoms with Crippen LogP contribution in [0.5, 0.6) is 5.75 Å². The van der Waals surface area contributed by atoms with Gasteiger partial charge in [-0.15, -0.1) is 22.7 Å². The monoisotopic (exact) mass is 328 g/mol. The fourth-order valence-electron chi connectivity index (χ4n) is 2.16. The van der Waals surface area contributed by atoms with Crippen molar-refractivity contribution in [2.24, 2.45) is 5.92 Å². The number of hydrogen-bond donors (Lipinski definition) is 0. The summed E-state index contributed by atoms with van der Waals surface area (Å²) in [6.07, 6.45) is 0. The first-order chi connectivity index (χ1) is 10.6. The standard InChI is InChI=1S/C19H20OS2/c1-13(2)11-20-16-6-4-15(5-7-16)17-8-9-18(22-17)19-10-14(3)12-21-19/h4-10,12-13H,11H2,1-3H3. The molecule has 0 atom stereocenters. The predicted octanol–water partition coefficient (Wildman–Crippen LogP) is 6.49. The van der Waals surface area contributed by atoms with Crippen LogP contribution < -0.4 is 4.74 Å². The second kappa shape index (κ2) is 6.67. The van der Waals surface area contributed by atoms with Crippen molar-refractivity contribution >= 4 is 22.7 Å². The van der Waals surface area contributed by atoms with E-state index < -0.39 is 0 Å². The molecule has 114 valence electrons. The first-order valence-corrected chi connectivity index (χ1v) is 9.20. The second-order valence-electron chi connectivity index (χ2n) is 5.88. The summed E-state index contributed by atoms with van der Waals surface area (Å²) in [6, 6.07) is 15.1. The Kier molecular flexibility index (Phi) is 4.65. The largest absolute Gasteiger partial charge is 0.493 e. The molecule has 2 aromatic heterocycles. The average Bonchev–Trinajstić information content (AvgIpc) is 3.14. The normalized spacial score (nSPS) is 11.1. The van der Waals surface area contributed by atoms with E-state index in [-0.39, 0.29) is 0 Å². The van der Waals surface area contributed by atoms with E-state index in [0.29, 0.717) is 5.92 Å². The molecule has 0 N–H and O–H groups in total. The molecule has 22 heavy (non-hydrogen) atoms. The van der Waals surface area contributed by atoms with Gasteiger partial charge in [-0.2, -0.15) is 0 Å². The quantitative estimate of drug-likeness (QED) is 0.520. The fourth-order valence-corrected chi connectivity index (χ4v) is 4.18. The van der Waals surface area contributed by atoms with Crippen LogP contribution in [-0.2, 0) is 0 Å². The summed E-state index contributed by atoms with van der Waals surface area (Å²) in [6.45, 7) is 7.23. The van der Waals surface area contributed by atoms with Crippen LogP contribution in [0, 0.1) is 12.8 Å². The van der Waals surface area contributed by atoms with Crippen molar-refractivity contribution < 1.29 is 4.74 Å². The molecule has 0 aliphatic heterocycles. The van der Waals surface area contributed by atoms with Crippen molar-refractivity contribution in [3.8, 4) is 25.9 Å². The third kappa shape index (κ3) is 3.60. The van der Waals surface area contributed by atoms with Gasteiger partial charge in [-0.25, -0.2) is 0 Å². The molecule has 0 aliphatic rings. The van der Waals surface area contributed by atoms with Crippen molar-refractivity contribution in [3.05, 3.63) is 53.4 Å². The Morgan fingerprint density at radius 3 is 2.32 bits per heavy atom. The van der Waals surface area contributed by atoms with Crippen LogP contribution in [0.3, 0.4) is 0 Å². The first-order valence-electron chi connectivity index (χ1n) is 7.50. The zero-order valence-corrected chi connectivity index (χ0v) is 14.8. The molecule has 0 aliphatic carbocycles. The molecule has 0 bridgehead atoms. The Bertz CT molecular complexity index is 735. The predicted molar refractivity (Wildman–Crippen MR) is 98.1 cm³/mol. The van der Waals surface area contributed by atoms with Crippen LogP contribution in [-0.4, -0.2) is 6.61 Å². The SMILES string of the molecule is Cc1csc(-c2ccc(-c3ccc(OCC(C)C)cc3)s2)c1. The van der Waals surface area contributed by atoms with Gasteiger partial charge in [0.25, 0.3) is 0 Å². The molecular weight excluding hydrogens is 308 g/mol. The van der Waals surface area contributed by atoms with Gasteiger partial charge in [0.15, 0.2) is 0 Å². The van der Waals surface area contributed by atoms with Gasteiger partial charge in [-0.3, -0.25) is 0 Å². The fraction of sp³-hybridized carbons (Fsp3) is 0.263. The highest BCUT2D eigenvalue weighted by Crippen LogP contribution is 2.37. The number of benzene rings is 1. The van der Waals surface area contributed by atoms with Crippen LogP contribution in [0.4, 0.5) is 0 Å². The maximum absolute atomic E-state index is 5.74. The molecule has 2 heterocycles. The second-order valence-corrected chi connectivity index (χ2v) is 7.88. The minimum atomic E-state index is 0.550. The van der Waals surface area contributed by atoms with Crippen LogP contribution in [0.2, 0.25) is 0 Å². The van der Waals surface area contributed by atoms with Gasteiger partial charge in [0.2, 0.25) is 0 Å². The summed E-state index contributed by atoms with van der Waals surface area (Å²) in [5, 5.41) is 2.20. The van der Waals surface area contributed by atoms with Crippen molar-refractivity contribution in [2.45, 2.75) is 20.8 Å². The van der Waals surface area contributed by atoms with Crippen molar-refractivity contribution in [2.75, 3.05) is 6.61 Å². The van der Waals surface area contributed by atoms with E-state index in [0.717, 1.165) is 12.4 Å². The zero-order chi connectivity index (χ0) is 15.5. The molecule has 1 nitrogen and oxygen atoms in total. The first kappa shape index (κ1) is 15.3. The van der Waals surface area contributed by atoms with Crippen molar-refractivity contribution in [1.82, 2.24) is 0 Å². The van der Waals surface area contributed by atoms with Gasteiger partial charge in [0.1, 0.15) is 5.75 Å². The Morgan fingerprint density at radius 2 is 1.68 bits per heavy atom. The highest BCUT2D eigenvalue weighted by molar-refractivity contribution is 7.23. The summed E-state index contributed by atoms with van der Waals surface area (Å²) in [5.41, 5.74) is 2.59. The molecule has 0 saturated carbocycles. The molecule has 0 radical (unpaired) electrons. The van der Waals surface area contributed by atoms with Crippen molar-refractivity contribution in [3.63, 3.8) is 0 Å². The van der Waals surface area contributed by atoms with E-state index in [1.807, 2.05) is 22.7 Å². The summed E-state index contributed by atoms with van der Waals surface area (Å²) in [7, 11) is 0. The number of rotatable bonds is 5. The van der Waals surface area contributed by atoms with E-state index in [9.17, 15) is 0 Å². The van der Waals surface area contributed by atoms with E-state index >= 15 is 0 Å². The lowest BCUT2D eigenvalue weighted by Gasteiger charge is -2.08. The molecule has 0 amide bonds. The third-order valence-corrected chi connectivity index (χ3v) is 5.68. The number of ether oxygens (including phenoxy) is 1. The van der Waals surface area contributed by atoms with E-state index in [4.69, 9.17) is 4.74 Å². The number of thiophene rings is 2. The summed E-state index contributed by atoms with van der Waals surface area (Å²) in [4.78, 5) is 4.00. The van der Waals surface area contributed by atoms with Gasteiger partial charge in [0, 0.05) is 14.6 Å². The van der Waals surface area contributed by atoms with Gasteiger partial charge < -0.3 is 4.74 Å². The van der Waals surface area contributed by atoms with Crippen LogP contribution >= 0.6 is 22.7 Å². The van der Waals surface area contributed by atoms with E-state index in [2.05, 4.69) is 68.6 Å². The van der Waals surface area contributed by atoms with Gasteiger partial charge in [-0.1, -0.05) is 13.8 Å². The Labute approximate surface area is 140 Å². The van der Waals surface area contributed by atoms with E-state index in [1.165, 1.54) is 25.8 Å².